The van der Waals surface area contributed by atoms with Gasteiger partial charge in [-0.25, -0.2) is 9.18 Å². The molecule has 1 N–H and O–H groups in total. The van der Waals surface area contributed by atoms with Crippen LogP contribution in [-0.2, 0) is 16.1 Å². The molecule has 124 valence electrons. The zero-order chi connectivity index (χ0) is 17.3. The number of Topliss-reactive ketones (excluding diaryl/α,β-unsaturated/α-hetero) is 1. The number of alkyl carbamates (subject to hydrolysis) is 1. The smallest absolute Gasteiger partial charge is 0.408 e. The third-order valence-corrected chi connectivity index (χ3v) is 2.79. The minimum atomic E-state index is -0.690. The highest BCUT2D eigenvalue weighted by molar-refractivity contribution is 5.86. The molecule has 0 aromatic heterocycles. The molecule has 1 rings (SSSR count). The summed E-state index contributed by atoms with van der Waals surface area (Å²) in [5, 5.41) is 2.54. The van der Waals surface area contributed by atoms with Gasteiger partial charge in [0.2, 0.25) is 0 Å². The SMILES string of the molecule is CC.CC(=O)C(NC(=O)OCc1cccc(F)c1)C(C)(C)C. The van der Waals surface area contributed by atoms with E-state index < -0.39 is 17.6 Å². The summed E-state index contributed by atoms with van der Waals surface area (Å²) in [6.45, 7) is 10.9. The zero-order valence-electron chi connectivity index (χ0n) is 14.2. The van der Waals surface area contributed by atoms with E-state index in [4.69, 9.17) is 4.74 Å². The zero-order valence-corrected chi connectivity index (χ0v) is 14.2. The molecule has 0 radical (unpaired) electrons. The average Bonchev–Trinajstić information content (AvgIpc) is 2.43. The van der Waals surface area contributed by atoms with Gasteiger partial charge in [0.15, 0.2) is 5.78 Å². The van der Waals surface area contributed by atoms with Gasteiger partial charge in [-0.1, -0.05) is 46.8 Å². The van der Waals surface area contributed by atoms with Crippen molar-refractivity contribution in [2.45, 2.75) is 54.2 Å². The number of carbonyl (C=O) groups excluding carboxylic acids is 2. The van der Waals surface area contributed by atoms with Gasteiger partial charge in [-0.05, 0) is 30.0 Å². The fraction of sp³-hybridized carbons (Fsp3) is 0.529. The van der Waals surface area contributed by atoms with E-state index in [2.05, 4.69) is 5.32 Å². The number of hydrogen-bond donors (Lipinski definition) is 1. The minimum Gasteiger partial charge on any atom is -0.445 e. The minimum absolute atomic E-state index is 0.0433. The fourth-order valence-electron chi connectivity index (χ4n) is 1.86. The number of rotatable bonds is 4. The van der Waals surface area contributed by atoms with E-state index in [1.54, 1.807) is 12.1 Å². The van der Waals surface area contributed by atoms with Crippen LogP contribution in [0.5, 0.6) is 0 Å². The van der Waals surface area contributed by atoms with E-state index in [-0.39, 0.29) is 18.2 Å². The molecule has 0 saturated carbocycles. The summed E-state index contributed by atoms with van der Waals surface area (Å²) in [6.07, 6.45) is -0.690. The van der Waals surface area contributed by atoms with Crippen LogP contribution >= 0.6 is 0 Å². The van der Waals surface area contributed by atoms with Crippen LogP contribution < -0.4 is 5.32 Å². The lowest BCUT2D eigenvalue weighted by atomic mass is 9.85. The number of carbonyl (C=O) groups is 2. The van der Waals surface area contributed by atoms with Gasteiger partial charge in [0.1, 0.15) is 12.4 Å². The van der Waals surface area contributed by atoms with Gasteiger partial charge in [0.25, 0.3) is 0 Å². The van der Waals surface area contributed by atoms with E-state index in [1.807, 2.05) is 34.6 Å². The molecular formula is C17H26FNO3. The van der Waals surface area contributed by atoms with Crippen molar-refractivity contribution in [3.8, 4) is 0 Å². The molecule has 0 saturated heterocycles. The standard InChI is InChI=1S/C15H20FNO3.C2H6/c1-10(18)13(15(2,3)4)17-14(19)20-9-11-6-5-7-12(16)8-11;1-2/h5-8,13H,9H2,1-4H3,(H,17,19);1-2H3. The van der Waals surface area contributed by atoms with E-state index in [1.165, 1.54) is 19.1 Å². The van der Waals surface area contributed by atoms with Crippen LogP contribution in [0.4, 0.5) is 9.18 Å². The van der Waals surface area contributed by atoms with Crippen molar-refractivity contribution in [1.82, 2.24) is 5.32 Å². The van der Waals surface area contributed by atoms with Gasteiger partial charge >= 0.3 is 6.09 Å². The molecule has 0 spiro atoms. The second-order valence-electron chi connectivity index (χ2n) is 5.76. The van der Waals surface area contributed by atoms with Crippen molar-refractivity contribution in [3.05, 3.63) is 35.6 Å². The monoisotopic (exact) mass is 311 g/mol. The largest absolute Gasteiger partial charge is 0.445 e. The van der Waals surface area contributed by atoms with E-state index in [9.17, 15) is 14.0 Å². The maximum atomic E-state index is 13.0. The third-order valence-electron chi connectivity index (χ3n) is 2.79. The van der Waals surface area contributed by atoms with Crippen LogP contribution in [0.25, 0.3) is 0 Å². The van der Waals surface area contributed by atoms with E-state index in [0.29, 0.717) is 5.56 Å². The number of benzene rings is 1. The van der Waals surface area contributed by atoms with Crippen LogP contribution in [0.15, 0.2) is 24.3 Å². The Kier molecular flexibility index (Phi) is 8.38. The lowest BCUT2D eigenvalue weighted by Crippen LogP contribution is -2.48. The summed E-state index contributed by atoms with van der Waals surface area (Å²) in [7, 11) is 0. The first-order valence-corrected chi connectivity index (χ1v) is 7.38. The van der Waals surface area contributed by atoms with Crippen molar-refractivity contribution in [2.24, 2.45) is 5.41 Å². The summed E-state index contributed by atoms with van der Waals surface area (Å²) < 4.78 is 18.0. The number of nitrogens with one attached hydrogen (secondary N) is 1. The lowest BCUT2D eigenvalue weighted by molar-refractivity contribution is -0.121. The molecular weight excluding hydrogens is 285 g/mol. The molecule has 0 aliphatic carbocycles. The molecule has 0 aliphatic rings. The number of ether oxygens (including phenoxy) is 1. The predicted octanol–water partition coefficient (Wildman–Crippen LogP) is 4.08. The highest BCUT2D eigenvalue weighted by atomic mass is 19.1. The van der Waals surface area contributed by atoms with Crippen molar-refractivity contribution in [3.63, 3.8) is 0 Å². The van der Waals surface area contributed by atoms with E-state index in [0.717, 1.165) is 0 Å². The molecule has 5 heteroatoms. The Hall–Kier alpha value is -1.91. The molecule has 1 unspecified atom stereocenters. The topological polar surface area (TPSA) is 55.4 Å². The maximum Gasteiger partial charge on any atom is 0.408 e. The maximum absolute atomic E-state index is 13.0. The summed E-state index contributed by atoms with van der Waals surface area (Å²) in [4.78, 5) is 23.2. The number of hydrogen-bond acceptors (Lipinski definition) is 3. The summed E-state index contributed by atoms with van der Waals surface area (Å²) in [5.74, 6) is -0.525. The fourth-order valence-corrected chi connectivity index (χ4v) is 1.86. The Labute approximate surface area is 132 Å². The second kappa shape index (κ2) is 9.18. The average molecular weight is 311 g/mol. The van der Waals surface area contributed by atoms with Crippen molar-refractivity contribution >= 4 is 11.9 Å². The Morgan fingerprint density at radius 1 is 1.27 bits per heavy atom. The van der Waals surface area contributed by atoms with Crippen LogP contribution in [0.1, 0.15) is 47.1 Å². The van der Waals surface area contributed by atoms with Crippen LogP contribution in [-0.4, -0.2) is 17.9 Å². The van der Waals surface area contributed by atoms with Crippen molar-refractivity contribution in [1.29, 1.82) is 0 Å². The summed E-state index contributed by atoms with van der Waals surface area (Å²) >= 11 is 0. The van der Waals surface area contributed by atoms with Gasteiger partial charge in [0.05, 0.1) is 6.04 Å². The molecule has 1 atom stereocenters. The molecule has 0 fully saturated rings. The summed E-state index contributed by atoms with van der Waals surface area (Å²) in [5.41, 5.74) is 0.152. The molecule has 4 nitrogen and oxygen atoms in total. The molecule has 0 aliphatic heterocycles. The highest BCUT2D eigenvalue weighted by Crippen LogP contribution is 2.20. The molecule has 0 bridgehead atoms. The molecule has 1 aromatic rings. The second-order valence-corrected chi connectivity index (χ2v) is 5.76. The first-order chi connectivity index (χ1) is 10.2. The van der Waals surface area contributed by atoms with Crippen LogP contribution in [0, 0.1) is 11.2 Å². The van der Waals surface area contributed by atoms with Crippen LogP contribution in [0.3, 0.4) is 0 Å². The number of halogens is 1. The Bertz CT molecular complexity index is 495. The Morgan fingerprint density at radius 3 is 2.32 bits per heavy atom. The van der Waals surface area contributed by atoms with E-state index >= 15 is 0 Å². The van der Waals surface area contributed by atoms with Gasteiger partial charge in [-0.2, -0.15) is 0 Å². The first-order valence-electron chi connectivity index (χ1n) is 7.38. The molecule has 1 aromatic carbocycles. The highest BCUT2D eigenvalue weighted by Gasteiger charge is 2.30. The Balaban J connectivity index is 0.00000211. The van der Waals surface area contributed by atoms with Gasteiger partial charge in [-0.15, -0.1) is 0 Å². The molecule has 22 heavy (non-hydrogen) atoms. The van der Waals surface area contributed by atoms with Crippen molar-refractivity contribution in [2.75, 3.05) is 0 Å². The number of ketones is 1. The molecule has 0 heterocycles. The normalized spacial score (nSPS) is 11.8. The predicted molar refractivity (Wildman–Crippen MR) is 85.0 cm³/mol. The lowest BCUT2D eigenvalue weighted by Gasteiger charge is -2.28. The van der Waals surface area contributed by atoms with Gasteiger partial charge in [0, 0.05) is 0 Å². The first kappa shape index (κ1) is 20.1. The Morgan fingerprint density at radius 2 is 1.86 bits per heavy atom. The molecule has 1 amide bonds. The van der Waals surface area contributed by atoms with Gasteiger partial charge < -0.3 is 10.1 Å². The third kappa shape index (κ3) is 7.20. The van der Waals surface area contributed by atoms with Crippen LogP contribution in [0.2, 0.25) is 0 Å². The van der Waals surface area contributed by atoms with Gasteiger partial charge in [-0.3, -0.25) is 4.79 Å². The van der Waals surface area contributed by atoms with Crippen molar-refractivity contribution < 1.29 is 18.7 Å². The quantitative estimate of drug-likeness (QED) is 0.911. The summed E-state index contributed by atoms with van der Waals surface area (Å²) in [6, 6.07) is 5.18. The number of amides is 1.